The molecule has 4 rings (SSSR count). The lowest BCUT2D eigenvalue weighted by molar-refractivity contribution is -0.189. The first kappa shape index (κ1) is 18.4. The summed E-state index contributed by atoms with van der Waals surface area (Å²) in [6.07, 6.45) is -2.87. The van der Waals surface area contributed by atoms with Gasteiger partial charge in [-0.25, -0.2) is 4.18 Å². The molecule has 1 aromatic rings. The van der Waals surface area contributed by atoms with Gasteiger partial charge >= 0.3 is 10.4 Å². The van der Waals surface area contributed by atoms with Crippen LogP contribution in [-0.2, 0) is 28.8 Å². The van der Waals surface area contributed by atoms with E-state index in [9.17, 15) is 13.2 Å². The standard InChI is InChI=1S/C13H19N5O8S/c1-13(2)25-7-5(3-23-27(20,21)22)24-11(8(7)26-13)18-4-15-6-9(18)16-12(14)17-10(6)19/h5,7-8,11,15H,3-4H2,1-2H3,(H,20,21,22)(H3,14,16,17,19). The average Bonchev–Trinajstić information content (AvgIpc) is 3.15. The molecule has 0 aliphatic carbocycles. The highest BCUT2D eigenvalue weighted by Gasteiger charge is 2.58. The molecule has 13 nitrogen and oxygen atoms in total. The van der Waals surface area contributed by atoms with Crippen molar-refractivity contribution in [3.05, 3.63) is 10.4 Å². The molecule has 4 unspecified atom stereocenters. The van der Waals surface area contributed by atoms with E-state index < -0.39 is 52.9 Å². The number of rotatable bonds is 4. The number of nitrogens with zero attached hydrogens (tertiary/aromatic N) is 2. The molecule has 2 saturated heterocycles. The lowest BCUT2D eigenvalue weighted by atomic mass is 10.1. The van der Waals surface area contributed by atoms with Crippen molar-refractivity contribution < 1.29 is 31.4 Å². The minimum atomic E-state index is -4.64. The zero-order valence-corrected chi connectivity index (χ0v) is 15.2. The van der Waals surface area contributed by atoms with E-state index >= 15 is 0 Å². The van der Waals surface area contributed by atoms with Crippen LogP contribution in [-0.4, -0.2) is 66.5 Å². The Morgan fingerprint density at radius 2 is 2.11 bits per heavy atom. The summed E-state index contributed by atoms with van der Waals surface area (Å²) in [7, 11) is -4.64. The summed E-state index contributed by atoms with van der Waals surface area (Å²) in [6.45, 7) is 3.15. The van der Waals surface area contributed by atoms with E-state index in [0.717, 1.165) is 0 Å². The number of ether oxygens (including phenoxy) is 3. The molecule has 0 saturated carbocycles. The summed E-state index contributed by atoms with van der Waals surface area (Å²) in [5.41, 5.74) is 5.44. The summed E-state index contributed by atoms with van der Waals surface area (Å²) < 4.78 is 52.7. The molecule has 150 valence electrons. The van der Waals surface area contributed by atoms with Gasteiger partial charge in [-0.15, -0.1) is 0 Å². The summed E-state index contributed by atoms with van der Waals surface area (Å²) in [5, 5.41) is 2.91. The Hall–Kier alpha value is -1.97. The van der Waals surface area contributed by atoms with Crippen LogP contribution in [0.5, 0.6) is 0 Å². The number of hydrogen-bond donors (Lipinski definition) is 4. The van der Waals surface area contributed by atoms with Gasteiger partial charge in [-0.1, -0.05) is 0 Å². The first-order valence-corrected chi connectivity index (χ1v) is 9.44. The molecule has 1 aromatic heterocycles. The highest BCUT2D eigenvalue weighted by Crippen LogP contribution is 2.42. The van der Waals surface area contributed by atoms with Crippen LogP contribution in [0.25, 0.3) is 0 Å². The van der Waals surface area contributed by atoms with Crippen molar-refractivity contribution in [3.63, 3.8) is 0 Å². The molecule has 3 aliphatic heterocycles. The Bertz CT molecular complexity index is 918. The second kappa shape index (κ2) is 6.02. The molecule has 14 heteroatoms. The number of aromatic amines is 1. The highest BCUT2D eigenvalue weighted by molar-refractivity contribution is 7.80. The fourth-order valence-electron chi connectivity index (χ4n) is 3.49. The number of H-pyrrole nitrogens is 1. The van der Waals surface area contributed by atoms with Gasteiger partial charge in [0.05, 0.1) is 13.3 Å². The Kier molecular flexibility index (Phi) is 4.10. The number of anilines is 3. The second-order valence-electron chi connectivity index (χ2n) is 6.80. The predicted molar refractivity (Wildman–Crippen MR) is 90.2 cm³/mol. The van der Waals surface area contributed by atoms with Crippen LogP contribution < -0.4 is 21.5 Å². The molecular formula is C13H19N5O8S. The van der Waals surface area contributed by atoms with Gasteiger partial charge in [-0.3, -0.25) is 14.3 Å². The molecular weight excluding hydrogens is 386 g/mol. The van der Waals surface area contributed by atoms with E-state index in [1.165, 1.54) is 0 Å². The Morgan fingerprint density at radius 3 is 2.81 bits per heavy atom. The number of hydrogen-bond acceptors (Lipinski definition) is 11. The van der Waals surface area contributed by atoms with Gasteiger partial charge in [0, 0.05) is 0 Å². The van der Waals surface area contributed by atoms with E-state index in [1.807, 2.05) is 0 Å². The van der Waals surface area contributed by atoms with E-state index in [1.54, 1.807) is 18.7 Å². The van der Waals surface area contributed by atoms with Crippen LogP contribution >= 0.6 is 0 Å². The summed E-state index contributed by atoms with van der Waals surface area (Å²) in [6, 6.07) is 0. The van der Waals surface area contributed by atoms with E-state index in [0.29, 0.717) is 0 Å². The van der Waals surface area contributed by atoms with Crippen molar-refractivity contribution in [1.29, 1.82) is 0 Å². The van der Waals surface area contributed by atoms with Gasteiger partial charge in [-0.05, 0) is 13.8 Å². The molecule has 0 radical (unpaired) electrons. The number of nitrogen functional groups attached to an aromatic ring is 1. The minimum Gasteiger partial charge on any atom is -0.369 e. The second-order valence-corrected chi connectivity index (χ2v) is 7.89. The fourth-order valence-corrected chi connectivity index (χ4v) is 3.80. The van der Waals surface area contributed by atoms with Gasteiger partial charge in [-0.2, -0.15) is 13.4 Å². The number of aromatic nitrogens is 2. The zero-order valence-electron chi connectivity index (χ0n) is 14.4. The van der Waals surface area contributed by atoms with Gasteiger partial charge in [0.2, 0.25) is 5.95 Å². The van der Waals surface area contributed by atoms with Crippen molar-refractivity contribution >= 4 is 27.9 Å². The molecule has 4 atom stereocenters. The first-order chi connectivity index (χ1) is 12.5. The average molecular weight is 405 g/mol. The Balaban J connectivity index is 1.63. The number of fused-ring (bicyclic) bond motifs is 2. The molecule has 0 bridgehead atoms. The van der Waals surface area contributed by atoms with E-state index in [2.05, 4.69) is 19.5 Å². The SMILES string of the molecule is CC1(C)OC2C(COS(=O)(=O)O)OC(N3CNc4c3nc(N)[nH]c4=O)C2O1. The predicted octanol–water partition coefficient (Wildman–Crippen LogP) is -1.39. The summed E-state index contributed by atoms with van der Waals surface area (Å²) in [5.74, 6) is -0.716. The number of nitrogens with one attached hydrogen (secondary N) is 2. The van der Waals surface area contributed by atoms with Crippen LogP contribution in [0.1, 0.15) is 13.8 Å². The van der Waals surface area contributed by atoms with Crippen LogP contribution in [0.2, 0.25) is 0 Å². The lowest BCUT2D eigenvalue weighted by Crippen LogP contribution is -2.44. The Morgan fingerprint density at radius 1 is 1.41 bits per heavy atom. The maximum atomic E-state index is 12.0. The van der Waals surface area contributed by atoms with E-state index in [4.69, 9.17) is 24.5 Å². The molecule has 3 aliphatic rings. The van der Waals surface area contributed by atoms with Crippen LogP contribution in [0.15, 0.2) is 4.79 Å². The topological polar surface area (TPSA) is 178 Å². The van der Waals surface area contributed by atoms with Gasteiger partial charge in [0.1, 0.15) is 24.0 Å². The lowest BCUT2D eigenvalue weighted by Gasteiger charge is -2.29. The Labute approximate surface area is 153 Å². The molecule has 2 fully saturated rings. The summed E-state index contributed by atoms with van der Waals surface area (Å²) in [4.78, 5) is 20.2. The first-order valence-electron chi connectivity index (χ1n) is 8.07. The van der Waals surface area contributed by atoms with Crippen LogP contribution in [0.3, 0.4) is 0 Å². The molecule has 5 N–H and O–H groups in total. The molecule has 0 spiro atoms. The maximum absolute atomic E-state index is 12.0. The third-order valence-electron chi connectivity index (χ3n) is 4.43. The highest BCUT2D eigenvalue weighted by atomic mass is 32.3. The van der Waals surface area contributed by atoms with Crippen LogP contribution in [0.4, 0.5) is 17.5 Å². The van der Waals surface area contributed by atoms with Crippen molar-refractivity contribution in [3.8, 4) is 0 Å². The van der Waals surface area contributed by atoms with Crippen molar-refractivity contribution in [2.24, 2.45) is 0 Å². The third-order valence-corrected chi connectivity index (χ3v) is 4.86. The molecule has 0 aromatic carbocycles. The molecule has 4 heterocycles. The quantitative estimate of drug-likeness (QED) is 0.431. The van der Waals surface area contributed by atoms with Gasteiger partial charge in [0.15, 0.2) is 17.8 Å². The largest absolute Gasteiger partial charge is 0.397 e. The normalized spacial score (nSPS) is 31.6. The summed E-state index contributed by atoms with van der Waals surface area (Å²) >= 11 is 0. The smallest absolute Gasteiger partial charge is 0.369 e. The van der Waals surface area contributed by atoms with Gasteiger partial charge < -0.3 is 30.2 Å². The van der Waals surface area contributed by atoms with Gasteiger partial charge in [0.25, 0.3) is 5.56 Å². The maximum Gasteiger partial charge on any atom is 0.397 e. The zero-order chi connectivity index (χ0) is 19.6. The monoisotopic (exact) mass is 405 g/mol. The van der Waals surface area contributed by atoms with Crippen molar-refractivity contribution in [1.82, 2.24) is 9.97 Å². The molecule has 27 heavy (non-hydrogen) atoms. The third kappa shape index (κ3) is 3.35. The fraction of sp³-hybridized carbons (Fsp3) is 0.692. The van der Waals surface area contributed by atoms with Crippen LogP contribution in [0, 0.1) is 0 Å². The van der Waals surface area contributed by atoms with E-state index in [-0.39, 0.29) is 24.1 Å². The number of nitrogens with two attached hydrogens (primary N) is 1. The molecule has 0 amide bonds. The van der Waals surface area contributed by atoms with Crippen molar-refractivity contribution in [2.45, 2.75) is 44.2 Å². The van der Waals surface area contributed by atoms with Crippen molar-refractivity contribution in [2.75, 3.05) is 29.2 Å². The minimum absolute atomic E-state index is 0.0582.